The molecule has 0 saturated carbocycles. The Labute approximate surface area is 105 Å². The summed E-state index contributed by atoms with van der Waals surface area (Å²) in [5.41, 5.74) is 0.817. The van der Waals surface area contributed by atoms with Gasteiger partial charge < -0.3 is 5.11 Å². The minimum absolute atomic E-state index is 0.597. The van der Waals surface area contributed by atoms with E-state index in [1.165, 1.54) is 11.3 Å². The summed E-state index contributed by atoms with van der Waals surface area (Å²) in [6.45, 7) is 0. The maximum atomic E-state index is 10.1. The molecule has 1 aromatic heterocycles. The normalized spacial score (nSPS) is 12.7. The quantitative estimate of drug-likeness (QED) is 0.879. The van der Waals surface area contributed by atoms with Crippen molar-refractivity contribution in [1.29, 1.82) is 0 Å². The lowest BCUT2D eigenvalue weighted by molar-refractivity contribution is 0.224. The minimum atomic E-state index is -0.597. The molecule has 0 aliphatic carbocycles. The van der Waals surface area contributed by atoms with Gasteiger partial charge in [0, 0.05) is 19.8 Å². The van der Waals surface area contributed by atoms with Crippen LogP contribution < -0.4 is 0 Å². The molecular weight excluding hydrogens is 296 g/mol. The third kappa shape index (κ3) is 2.61. The van der Waals surface area contributed by atoms with Crippen molar-refractivity contribution in [2.75, 3.05) is 0 Å². The van der Waals surface area contributed by atoms with E-state index in [0.717, 1.165) is 14.9 Å². The number of halogens is 2. The fourth-order valence-electron chi connectivity index (χ4n) is 1.31. The molecule has 0 radical (unpaired) electrons. The number of hydrogen-bond donors (Lipinski definition) is 1. The van der Waals surface area contributed by atoms with Crippen molar-refractivity contribution in [2.45, 2.75) is 6.10 Å². The van der Waals surface area contributed by atoms with Crippen LogP contribution >= 0.6 is 38.9 Å². The predicted octanol–water partition coefficient (Wildman–Crippen LogP) is 4.25. The molecule has 1 N–H and O–H groups in total. The Morgan fingerprint density at radius 1 is 1.33 bits per heavy atom. The van der Waals surface area contributed by atoms with Crippen molar-refractivity contribution < 1.29 is 5.11 Å². The Bertz CT molecular complexity index is 469. The summed E-state index contributed by atoms with van der Waals surface area (Å²) in [4.78, 5) is 0.907. The first-order chi connectivity index (χ1) is 7.16. The van der Waals surface area contributed by atoms with Gasteiger partial charge in [-0.2, -0.15) is 0 Å². The van der Waals surface area contributed by atoms with E-state index in [-0.39, 0.29) is 0 Å². The highest BCUT2D eigenvalue weighted by molar-refractivity contribution is 9.10. The van der Waals surface area contributed by atoms with Crippen molar-refractivity contribution in [3.05, 3.63) is 55.6 Å². The van der Waals surface area contributed by atoms with Crippen LogP contribution in [0.1, 0.15) is 16.5 Å². The van der Waals surface area contributed by atoms with Gasteiger partial charge in [-0.1, -0.05) is 23.7 Å². The van der Waals surface area contributed by atoms with Crippen molar-refractivity contribution in [2.24, 2.45) is 0 Å². The van der Waals surface area contributed by atoms with Crippen molar-refractivity contribution >= 4 is 38.9 Å². The summed E-state index contributed by atoms with van der Waals surface area (Å²) in [7, 11) is 0. The van der Waals surface area contributed by atoms with Crippen LogP contribution in [0.25, 0.3) is 0 Å². The van der Waals surface area contributed by atoms with E-state index in [9.17, 15) is 5.11 Å². The van der Waals surface area contributed by atoms with Crippen molar-refractivity contribution in [3.63, 3.8) is 0 Å². The fourth-order valence-corrected chi connectivity index (χ4v) is 2.97. The molecule has 0 saturated heterocycles. The molecule has 0 spiro atoms. The SMILES string of the molecule is OC(c1cccc(Cl)c1)c1cc(Br)cs1. The monoisotopic (exact) mass is 302 g/mol. The van der Waals surface area contributed by atoms with Crippen LogP contribution in [0.2, 0.25) is 5.02 Å². The lowest BCUT2D eigenvalue weighted by Crippen LogP contribution is -1.96. The van der Waals surface area contributed by atoms with E-state index in [4.69, 9.17) is 11.6 Å². The molecule has 4 heteroatoms. The summed E-state index contributed by atoms with van der Waals surface area (Å²) < 4.78 is 0.989. The lowest BCUT2D eigenvalue weighted by Gasteiger charge is -2.08. The molecule has 0 bridgehead atoms. The molecule has 2 aromatic rings. The smallest absolute Gasteiger partial charge is 0.113 e. The van der Waals surface area contributed by atoms with E-state index < -0.39 is 6.10 Å². The number of thiophene rings is 1. The number of aliphatic hydroxyl groups is 1. The Balaban J connectivity index is 2.32. The van der Waals surface area contributed by atoms with Gasteiger partial charge in [0.2, 0.25) is 0 Å². The number of rotatable bonds is 2. The Morgan fingerprint density at radius 2 is 2.13 bits per heavy atom. The Morgan fingerprint density at radius 3 is 2.73 bits per heavy atom. The van der Waals surface area contributed by atoms with Crippen LogP contribution in [0, 0.1) is 0 Å². The summed E-state index contributed by atoms with van der Waals surface area (Å²) in [6, 6.07) is 9.19. The van der Waals surface area contributed by atoms with Gasteiger partial charge in [0.15, 0.2) is 0 Å². The highest BCUT2D eigenvalue weighted by Gasteiger charge is 2.12. The summed E-state index contributed by atoms with van der Waals surface area (Å²) in [5.74, 6) is 0. The zero-order valence-electron chi connectivity index (χ0n) is 7.65. The molecule has 1 aromatic carbocycles. The first-order valence-electron chi connectivity index (χ1n) is 4.34. The Hall–Kier alpha value is -0.350. The zero-order chi connectivity index (χ0) is 10.8. The molecule has 78 valence electrons. The molecule has 0 fully saturated rings. The summed E-state index contributed by atoms with van der Waals surface area (Å²) in [6.07, 6.45) is -0.597. The molecule has 0 aliphatic rings. The molecule has 2 rings (SSSR count). The third-order valence-corrected chi connectivity index (χ3v) is 4.00. The molecule has 1 unspecified atom stereocenters. The van der Waals surface area contributed by atoms with E-state index in [2.05, 4.69) is 15.9 Å². The molecule has 1 atom stereocenters. The van der Waals surface area contributed by atoms with Gasteiger partial charge in [-0.15, -0.1) is 11.3 Å². The first kappa shape index (κ1) is 11.1. The summed E-state index contributed by atoms with van der Waals surface area (Å²) in [5, 5.41) is 12.6. The maximum absolute atomic E-state index is 10.1. The fraction of sp³-hybridized carbons (Fsp3) is 0.0909. The lowest BCUT2D eigenvalue weighted by atomic mass is 10.1. The second-order valence-electron chi connectivity index (χ2n) is 3.12. The van der Waals surface area contributed by atoms with Crippen LogP contribution in [-0.2, 0) is 0 Å². The molecule has 1 heterocycles. The second kappa shape index (κ2) is 4.66. The van der Waals surface area contributed by atoms with Gasteiger partial charge in [0.1, 0.15) is 6.10 Å². The van der Waals surface area contributed by atoms with E-state index in [0.29, 0.717) is 5.02 Å². The van der Waals surface area contributed by atoms with E-state index >= 15 is 0 Å². The molecular formula is C11H8BrClOS. The maximum Gasteiger partial charge on any atom is 0.113 e. The van der Waals surface area contributed by atoms with Crippen molar-refractivity contribution in [3.8, 4) is 0 Å². The highest BCUT2D eigenvalue weighted by atomic mass is 79.9. The van der Waals surface area contributed by atoms with Crippen LogP contribution in [0.5, 0.6) is 0 Å². The van der Waals surface area contributed by atoms with E-state index in [1.807, 2.05) is 23.6 Å². The van der Waals surface area contributed by atoms with Crippen LogP contribution in [0.4, 0.5) is 0 Å². The zero-order valence-corrected chi connectivity index (χ0v) is 10.8. The second-order valence-corrected chi connectivity index (χ2v) is 5.42. The van der Waals surface area contributed by atoms with Gasteiger partial charge in [-0.3, -0.25) is 0 Å². The summed E-state index contributed by atoms with van der Waals surface area (Å²) >= 11 is 10.7. The average molecular weight is 304 g/mol. The molecule has 1 nitrogen and oxygen atoms in total. The average Bonchev–Trinajstić information content (AvgIpc) is 2.64. The van der Waals surface area contributed by atoms with Crippen molar-refractivity contribution in [1.82, 2.24) is 0 Å². The van der Waals surface area contributed by atoms with Gasteiger partial charge in [0.05, 0.1) is 0 Å². The van der Waals surface area contributed by atoms with Gasteiger partial charge >= 0.3 is 0 Å². The van der Waals surface area contributed by atoms with Crippen LogP contribution in [0.3, 0.4) is 0 Å². The topological polar surface area (TPSA) is 20.2 Å². The van der Waals surface area contributed by atoms with E-state index in [1.54, 1.807) is 12.1 Å². The van der Waals surface area contributed by atoms with Crippen LogP contribution in [-0.4, -0.2) is 5.11 Å². The number of benzene rings is 1. The molecule has 0 aliphatic heterocycles. The Kier molecular flexibility index (Phi) is 3.46. The molecule has 0 amide bonds. The standard InChI is InChI=1S/C11H8BrClOS/c12-8-5-10(15-6-8)11(14)7-2-1-3-9(13)4-7/h1-6,11,14H. The number of aliphatic hydroxyl groups excluding tert-OH is 1. The van der Waals surface area contributed by atoms with Crippen LogP contribution in [0.15, 0.2) is 40.2 Å². The predicted molar refractivity (Wildman–Crippen MR) is 67.5 cm³/mol. The van der Waals surface area contributed by atoms with Gasteiger partial charge in [0.25, 0.3) is 0 Å². The molecule has 15 heavy (non-hydrogen) atoms. The first-order valence-corrected chi connectivity index (χ1v) is 6.39. The largest absolute Gasteiger partial charge is 0.383 e. The van der Waals surface area contributed by atoms with Gasteiger partial charge in [-0.25, -0.2) is 0 Å². The third-order valence-electron chi connectivity index (χ3n) is 2.02. The number of hydrogen-bond acceptors (Lipinski definition) is 2. The van der Waals surface area contributed by atoms with Gasteiger partial charge in [-0.05, 0) is 39.7 Å². The highest BCUT2D eigenvalue weighted by Crippen LogP contribution is 2.30. The minimum Gasteiger partial charge on any atom is -0.383 e.